The molecule has 0 radical (unpaired) electrons. The van der Waals surface area contributed by atoms with E-state index in [1.165, 1.54) is 13.1 Å². The number of aryl methyl sites for hydroxylation is 1. The number of likely N-dealkylation sites (tertiary alicyclic amines) is 2. The van der Waals surface area contributed by atoms with Gasteiger partial charge in [0.15, 0.2) is 5.82 Å². The van der Waals surface area contributed by atoms with Crippen LogP contribution in [0.1, 0.15) is 46.3 Å². The molecule has 156 valence electrons. The predicted molar refractivity (Wildman–Crippen MR) is 107 cm³/mol. The van der Waals surface area contributed by atoms with Crippen molar-refractivity contribution < 1.29 is 14.1 Å². The van der Waals surface area contributed by atoms with Crippen LogP contribution in [-0.4, -0.2) is 72.5 Å². The minimum absolute atomic E-state index is 0.164. The molecule has 1 amide bonds. The summed E-state index contributed by atoms with van der Waals surface area (Å²) in [6.45, 7) is 15.2. The van der Waals surface area contributed by atoms with Crippen molar-refractivity contribution in [2.75, 3.05) is 50.7 Å². The fourth-order valence-electron chi connectivity index (χ4n) is 4.76. The zero-order valence-corrected chi connectivity index (χ0v) is 17.7. The molecule has 4 heterocycles. The monoisotopic (exact) mass is 390 g/mol. The van der Waals surface area contributed by atoms with Gasteiger partial charge in [-0.15, -0.1) is 0 Å². The van der Waals surface area contributed by atoms with Crippen molar-refractivity contribution in [1.82, 2.24) is 15.0 Å². The van der Waals surface area contributed by atoms with Crippen LogP contribution >= 0.6 is 0 Å². The highest BCUT2D eigenvalue weighted by Gasteiger charge is 2.52. The number of hydrogen-bond donors (Lipinski definition) is 0. The maximum Gasteiger partial charge on any atom is 0.410 e. The molecule has 0 N–H and O–H groups in total. The molecule has 7 heteroatoms. The van der Waals surface area contributed by atoms with E-state index in [1.807, 2.05) is 25.7 Å². The number of nitrogens with zero attached hydrogens (tertiary/aromatic N) is 4. The van der Waals surface area contributed by atoms with Crippen molar-refractivity contribution in [3.05, 3.63) is 11.8 Å². The van der Waals surface area contributed by atoms with E-state index in [0.717, 1.165) is 63.6 Å². The first kappa shape index (κ1) is 19.6. The zero-order chi connectivity index (χ0) is 19.9. The van der Waals surface area contributed by atoms with Gasteiger partial charge < -0.3 is 24.0 Å². The van der Waals surface area contributed by atoms with Gasteiger partial charge in [-0.3, -0.25) is 0 Å². The van der Waals surface area contributed by atoms with Crippen LogP contribution in [-0.2, 0) is 11.2 Å². The third-order valence-electron chi connectivity index (χ3n) is 6.17. The lowest BCUT2D eigenvalue weighted by Gasteiger charge is -2.61. The number of ether oxygens (including phenoxy) is 1. The second-order valence-electron chi connectivity index (χ2n) is 9.94. The van der Waals surface area contributed by atoms with Gasteiger partial charge >= 0.3 is 6.09 Å². The third kappa shape index (κ3) is 4.14. The molecule has 3 aliphatic rings. The first-order chi connectivity index (χ1) is 13.3. The van der Waals surface area contributed by atoms with E-state index in [1.54, 1.807) is 0 Å². The summed E-state index contributed by atoms with van der Waals surface area (Å²) in [5, 5.41) is 4.18. The van der Waals surface area contributed by atoms with Crippen LogP contribution in [0.5, 0.6) is 0 Å². The molecule has 1 aromatic rings. The second-order valence-corrected chi connectivity index (χ2v) is 9.94. The van der Waals surface area contributed by atoms with Crippen molar-refractivity contribution in [2.24, 2.45) is 11.3 Å². The number of carbonyl (C=O) groups excluding carboxylic acids is 1. The summed E-state index contributed by atoms with van der Waals surface area (Å²) < 4.78 is 10.8. The van der Waals surface area contributed by atoms with E-state index in [9.17, 15) is 4.79 Å². The minimum atomic E-state index is -0.416. The standard InChI is InChI=1S/C21H34N4O3/c1-5-17-10-18(22-28-17)25-14-21(15-25)12-23(13-21)11-16-6-8-24(9-7-16)19(26)27-20(2,3)4/h10,16H,5-9,11-15H2,1-4H3. The Bertz CT molecular complexity index is 689. The molecule has 3 fully saturated rings. The summed E-state index contributed by atoms with van der Waals surface area (Å²) in [5.41, 5.74) is 0.0448. The van der Waals surface area contributed by atoms with Crippen molar-refractivity contribution in [3.63, 3.8) is 0 Å². The van der Waals surface area contributed by atoms with Crippen LogP contribution in [0.15, 0.2) is 10.6 Å². The Kier molecular flexibility index (Phi) is 5.06. The molecule has 3 aliphatic heterocycles. The number of hydrogen-bond acceptors (Lipinski definition) is 6. The summed E-state index contributed by atoms with van der Waals surface area (Å²) >= 11 is 0. The predicted octanol–water partition coefficient (Wildman–Crippen LogP) is 3.01. The van der Waals surface area contributed by atoms with Crippen LogP contribution < -0.4 is 4.90 Å². The maximum atomic E-state index is 12.2. The second kappa shape index (κ2) is 7.25. The molecule has 0 saturated carbocycles. The molecule has 0 unspecified atom stereocenters. The van der Waals surface area contributed by atoms with Gasteiger partial charge in [-0.2, -0.15) is 0 Å². The van der Waals surface area contributed by atoms with Gasteiger partial charge in [0.05, 0.1) is 0 Å². The summed E-state index contributed by atoms with van der Waals surface area (Å²) in [6.07, 6.45) is 2.88. The molecule has 0 aromatic carbocycles. The van der Waals surface area contributed by atoms with Gasteiger partial charge in [0, 0.05) is 63.7 Å². The van der Waals surface area contributed by atoms with E-state index < -0.39 is 5.60 Å². The van der Waals surface area contributed by atoms with Crippen molar-refractivity contribution in [3.8, 4) is 0 Å². The summed E-state index contributed by atoms with van der Waals surface area (Å²) in [4.78, 5) is 19.0. The quantitative estimate of drug-likeness (QED) is 0.788. The van der Waals surface area contributed by atoms with Gasteiger partial charge in [-0.1, -0.05) is 12.1 Å². The van der Waals surface area contributed by atoms with E-state index in [4.69, 9.17) is 9.26 Å². The van der Waals surface area contributed by atoms with Gasteiger partial charge in [-0.05, 0) is 39.5 Å². The normalized spacial score (nSPS) is 22.9. The lowest BCUT2D eigenvalue weighted by molar-refractivity contribution is -0.0372. The van der Waals surface area contributed by atoms with E-state index in [0.29, 0.717) is 11.3 Å². The Labute approximate surface area is 168 Å². The molecule has 4 rings (SSSR count). The number of piperidine rings is 1. The van der Waals surface area contributed by atoms with Crippen LogP contribution in [0.4, 0.5) is 10.6 Å². The van der Waals surface area contributed by atoms with Crippen LogP contribution in [0, 0.1) is 11.3 Å². The number of aromatic nitrogens is 1. The molecule has 7 nitrogen and oxygen atoms in total. The van der Waals surface area contributed by atoms with Gasteiger partial charge in [0.25, 0.3) is 0 Å². The van der Waals surface area contributed by atoms with Crippen molar-refractivity contribution in [2.45, 2.75) is 52.6 Å². The van der Waals surface area contributed by atoms with Crippen LogP contribution in [0.3, 0.4) is 0 Å². The minimum Gasteiger partial charge on any atom is -0.444 e. The largest absolute Gasteiger partial charge is 0.444 e. The lowest BCUT2D eigenvalue weighted by atomic mass is 9.72. The average Bonchev–Trinajstić information content (AvgIpc) is 3.03. The average molecular weight is 391 g/mol. The molecule has 1 aromatic heterocycles. The first-order valence-corrected chi connectivity index (χ1v) is 10.7. The maximum absolute atomic E-state index is 12.2. The fourth-order valence-corrected chi connectivity index (χ4v) is 4.76. The molecule has 3 saturated heterocycles. The van der Waals surface area contributed by atoms with Gasteiger partial charge in [0.1, 0.15) is 11.4 Å². The Hall–Kier alpha value is -1.76. The number of anilines is 1. The topological polar surface area (TPSA) is 62.0 Å². The van der Waals surface area contributed by atoms with Gasteiger partial charge in [0.2, 0.25) is 0 Å². The molecular formula is C21H34N4O3. The summed E-state index contributed by atoms with van der Waals surface area (Å²) in [7, 11) is 0. The Morgan fingerprint density at radius 1 is 1.25 bits per heavy atom. The highest BCUT2D eigenvalue weighted by molar-refractivity contribution is 5.68. The molecule has 28 heavy (non-hydrogen) atoms. The Morgan fingerprint density at radius 3 is 2.50 bits per heavy atom. The highest BCUT2D eigenvalue weighted by Crippen LogP contribution is 2.42. The zero-order valence-electron chi connectivity index (χ0n) is 17.7. The van der Waals surface area contributed by atoms with Crippen molar-refractivity contribution in [1.29, 1.82) is 0 Å². The number of amides is 1. The summed E-state index contributed by atoms with van der Waals surface area (Å²) in [6, 6.07) is 2.07. The van der Waals surface area contributed by atoms with Crippen molar-refractivity contribution >= 4 is 11.9 Å². The lowest BCUT2D eigenvalue weighted by Crippen LogP contribution is -2.72. The van der Waals surface area contributed by atoms with Crippen LogP contribution in [0.25, 0.3) is 0 Å². The first-order valence-electron chi connectivity index (χ1n) is 10.7. The smallest absolute Gasteiger partial charge is 0.410 e. The SMILES string of the molecule is CCc1cc(N2CC3(CN(CC4CCN(C(=O)OC(C)(C)C)CC4)C3)C2)no1. The summed E-state index contributed by atoms with van der Waals surface area (Å²) in [5.74, 6) is 2.65. The van der Waals surface area contributed by atoms with E-state index in [2.05, 4.69) is 27.9 Å². The number of rotatable bonds is 4. The molecule has 0 aliphatic carbocycles. The van der Waals surface area contributed by atoms with Crippen LogP contribution in [0.2, 0.25) is 0 Å². The fraction of sp³-hybridized carbons (Fsp3) is 0.810. The van der Waals surface area contributed by atoms with Gasteiger partial charge in [-0.25, -0.2) is 4.79 Å². The Balaban J connectivity index is 1.15. The Morgan fingerprint density at radius 2 is 1.93 bits per heavy atom. The number of carbonyl (C=O) groups is 1. The third-order valence-corrected chi connectivity index (χ3v) is 6.17. The molecule has 0 bridgehead atoms. The molecule has 1 spiro atoms. The molecular weight excluding hydrogens is 356 g/mol. The van der Waals surface area contributed by atoms with E-state index >= 15 is 0 Å². The highest BCUT2D eigenvalue weighted by atomic mass is 16.6. The molecule has 0 atom stereocenters. The van der Waals surface area contributed by atoms with E-state index in [-0.39, 0.29) is 6.09 Å².